The normalized spacial score (nSPS) is 17.6. The van der Waals surface area contributed by atoms with Gasteiger partial charge in [-0.3, -0.25) is 0 Å². The molecule has 0 radical (unpaired) electrons. The van der Waals surface area contributed by atoms with Gasteiger partial charge in [-0.05, 0) is 24.6 Å². The van der Waals surface area contributed by atoms with Crippen LogP contribution in [0.5, 0.6) is 11.5 Å². The molecule has 0 fully saturated rings. The van der Waals surface area contributed by atoms with Gasteiger partial charge in [-0.25, -0.2) is 4.79 Å². The number of carbonyl (C=O) groups is 1. The first-order valence-electron chi connectivity index (χ1n) is 5.44. The van der Waals surface area contributed by atoms with E-state index < -0.39 is 12.1 Å². The van der Waals surface area contributed by atoms with E-state index in [9.17, 15) is 4.79 Å². The highest BCUT2D eigenvalue weighted by Crippen LogP contribution is 2.32. The molecule has 92 valence electrons. The fourth-order valence-electron chi connectivity index (χ4n) is 1.57. The Bertz CT molecular complexity index is 415. The van der Waals surface area contributed by atoms with Crippen molar-refractivity contribution < 1.29 is 24.1 Å². The monoisotopic (exact) mass is 238 g/mol. The van der Waals surface area contributed by atoms with E-state index >= 15 is 0 Å². The van der Waals surface area contributed by atoms with Crippen molar-refractivity contribution in [1.82, 2.24) is 0 Å². The third-order valence-electron chi connectivity index (χ3n) is 2.40. The van der Waals surface area contributed by atoms with E-state index in [2.05, 4.69) is 0 Å². The van der Waals surface area contributed by atoms with Crippen LogP contribution in [-0.2, 0) is 16.1 Å². The number of fused-ring (bicyclic) bond motifs is 1. The van der Waals surface area contributed by atoms with Gasteiger partial charge in [0.25, 0.3) is 0 Å². The molecule has 1 aromatic rings. The molecular formula is C12H14O5. The quantitative estimate of drug-likeness (QED) is 0.792. The number of rotatable bonds is 3. The van der Waals surface area contributed by atoms with E-state index in [1.54, 1.807) is 25.1 Å². The highest BCUT2D eigenvalue weighted by Gasteiger charge is 2.28. The topological polar surface area (TPSA) is 65.0 Å². The van der Waals surface area contributed by atoms with Crippen LogP contribution in [0.2, 0.25) is 0 Å². The standard InChI is InChI=1S/C12H14O5/c1-2-15-12(14)11-7-16-10-5-8(6-13)3-4-9(10)17-11/h3-5,11,13H,2,6-7H2,1H3. The molecule has 1 N–H and O–H groups in total. The predicted molar refractivity (Wildman–Crippen MR) is 58.9 cm³/mol. The van der Waals surface area contributed by atoms with Crippen molar-refractivity contribution in [3.05, 3.63) is 23.8 Å². The molecule has 0 bridgehead atoms. The number of hydrogen-bond acceptors (Lipinski definition) is 5. The van der Waals surface area contributed by atoms with Gasteiger partial charge in [0.2, 0.25) is 6.10 Å². The highest BCUT2D eigenvalue weighted by molar-refractivity contribution is 5.76. The van der Waals surface area contributed by atoms with Gasteiger partial charge in [-0.15, -0.1) is 0 Å². The van der Waals surface area contributed by atoms with Gasteiger partial charge in [0, 0.05) is 0 Å². The van der Waals surface area contributed by atoms with Gasteiger partial charge in [0.1, 0.15) is 6.61 Å². The Balaban J connectivity index is 2.11. The number of aliphatic hydroxyl groups is 1. The third kappa shape index (κ3) is 2.50. The van der Waals surface area contributed by atoms with Gasteiger partial charge >= 0.3 is 5.97 Å². The molecule has 0 saturated heterocycles. The third-order valence-corrected chi connectivity index (χ3v) is 2.40. The number of ether oxygens (including phenoxy) is 3. The van der Waals surface area contributed by atoms with Crippen molar-refractivity contribution >= 4 is 5.97 Å². The fraction of sp³-hybridized carbons (Fsp3) is 0.417. The average molecular weight is 238 g/mol. The van der Waals surface area contributed by atoms with Crippen molar-refractivity contribution in [2.45, 2.75) is 19.6 Å². The number of aliphatic hydroxyl groups excluding tert-OH is 1. The lowest BCUT2D eigenvalue weighted by Gasteiger charge is -2.25. The summed E-state index contributed by atoms with van der Waals surface area (Å²) in [4.78, 5) is 11.5. The lowest BCUT2D eigenvalue weighted by Crippen LogP contribution is -2.37. The zero-order valence-corrected chi connectivity index (χ0v) is 9.51. The molecule has 1 unspecified atom stereocenters. The van der Waals surface area contributed by atoms with E-state index in [1.807, 2.05) is 0 Å². The van der Waals surface area contributed by atoms with E-state index in [0.717, 1.165) is 5.56 Å². The molecule has 0 spiro atoms. The molecule has 5 nitrogen and oxygen atoms in total. The van der Waals surface area contributed by atoms with Crippen LogP contribution in [0, 0.1) is 0 Å². The molecule has 1 aromatic carbocycles. The van der Waals surface area contributed by atoms with E-state index in [1.165, 1.54) is 0 Å². The van der Waals surface area contributed by atoms with Crippen molar-refractivity contribution in [2.24, 2.45) is 0 Å². The summed E-state index contributed by atoms with van der Waals surface area (Å²) < 4.78 is 15.7. The van der Waals surface area contributed by atoms with Crippen molar-refractivity contribution in [1.29, 1.82) is 0 Å². The Hall–Kier alpha value is -1.75. The lowest BCUT2D eigenvalue weighted by atomic mass is 10.2. The minimum absolute atomic E-state index is 0.0576. The number of esters is 1. The highest BCUT2D eigenvalue weighted by atomic mass is 16.6. The molecule has 0 aromatic heterocycles. The van der Waals surface area contributed by atoms with Gasteiger partial charge < -0.3 is 19.3 Å². The van der Waals surface area contributed by atoms with Crippen LogP contribution in [0.25, 0.3) is 0 Å². The van der Waals surface area contributed by atoms with Gasteiger partial charge in [-0.1, -0.05) is 6.07 Å². The largest absolute Gasteiger partial charge is 0.485 e. The lowest BCUT2D eigenvalue weighted by molar-refractivity contribution is -0.153. The maximum atomic E-state index is 11.5. The summed E-state index contributed by atoms with van der Waals surface area (Å²) in [5, 5.41) is 8.98. The summed E-state index contributed by atoms with van der Waals surface area (Å²) in [6.07, 6.45) is -0.720. The predicted octanol–water partition coefficient (Wildman–Crippen LogP) is 0.882. The van der Waals surface area contributed by atoms with E-state index in [4.69, 9.17) is 19.3 Å². The Labute approximate surface area is 98.9 Å². The van der Waals surface area contributed by atoms with Crippen LogP contribution in [0.1, 0.15) is 12.5 Å². The number of hydrogen-bond donors (Lipinski definition) is 1. The van der Waals surface area contributed by atoms with Crippen LogP contribution in [0.4, 0.5) is 0 Å². The molecule has 1 aliphatic rings. The summed E-state index contributed by atoms with van der Waals surface area (Å²) >= 11 is 0. The summed E-state index contributed by atoms with van der Waals surface area (Å²) in [5.41, 5.74) is 0.738. The molecule has 5 heteroatoms. The van der Waals surface area contributed by atoms with Gasteiger partial charge in [0.15, 0.2) is 11.5 Å². The van der Waals surface area contributed by atoms with Crippen molar-refractivity contribution in [2.75, 3.05) is 13.2 Å². The van der Waals surface area contributed by atoms with Crippen LogP contribution in [0.15, 0.2) is 18.2 Å². The molecule has 17 heavy (non-hydrogen) atoms. The Morgan fingerprint density at radius 3 is 3.06 bits per heavy atom. The van der Waals surface area contributed by atoms with Gasteiger partial charge in [0.05, 0.1) is 13.2 Å². The van der Waals surface area contributed by atoms with E-state index in [-0.39, 0.29) is 13.2 Å². The van der Waals surface area contributed by atoms with Crippen LogP contribution in [-0.4, -0.2) is 30.4 Å². The minimum Gasteiger partial charge on any atom is -0.485 e. The molecule has 1 aliphatic heterocycles. The number of benzene rings is 1. The number of carbonyl (C=O) groups excluding carboxylic acids is 1. The van der Waals surface area contributed by atoms with Crippen LogP contribution < -0.4 is 9.47 Å². The molecular weight excluding hydrogens is 224 g/mol. The maximum Gasteiger partial charge on any atom is 0.350 e. The van der Waals surface area contributed by atoms with Gasteiger partial charge in [-0.2, -0.15) is 0 Å². The van der Waals surface area contributed by atoms with E-state index in [0.29, 0.717) is 18.1 Å². The first kappa shape index (κ1) is 11.7. The zero-order chi connectivity index (χ0) is 12.3. The minimum atomic E-state index is -0.720. The summed E-state index contributed by atoms with van der Waals surface area (Å²) in [6, 6.07) is 5.08. The molecule has 1 heterocycles. The average Bonchev–Trinajstić information content (AvgIpc) is 2.37. The summed E-state index contributed by atoms with van der Waals surface area (Å²) in [6.45, 7) is 2.12. The zero-order valence-electron chi connectivity index (χ0n) is 9.51. The molecule has 1 atom stereocenters. The molecule has 0 amide bonds. The molecule has 0 aliphatic carbocycles. The molecule has 2 rings (SSSR count). The van der Waals surface area contributed by atoms with Crippen LogP contribution >= 0.6 is 0 Å². The first-order chi connectivity index (χ1) is 8.24. The summed E-state index contributed by atoms with van der Waals surface area (Å²) in [7, 11) is 0. The Morgan fingerprint density at radius 1 is 1.53 bits per heavy atom. The smallest absolute Gasteiger partial charge is 0.350 e. The maximum absolute atomic E-state index is 11.5. The van der Waals surface area contributed by atoms with Crippen molar-refractivity contribution in [3.8, 4) is 11.5 Å². The van der Waals surface area contributed by atoms with Crippen LogP contribution in [0.3, 0.4) is 0 Å². The van der Waals surface area contributed by atoms with Crippen molar-refractivity contribution in [3.63, 3.8) is 0 Å². The second-order valence-electron chi connectivity index (χ2n) is 3.61. The summed E-state index contributed by atoms with van der Waals surface area (Å²) in [5.74, 6) is 0.605. The fourth-order valence-corrected chi connectivity index (χ4v) is 1.57. The molecule has 0 saturated carbocycles. The second kappa shape index (κ2) is 5.05. The Morgan fingerprint density at radius 2 is 2.35 bits per heavy atom. The SMILES string of the molecule is CCOC(=O)C1COc2cc(CO)ccc2O1. The first-order valence-corrected chi connectivity index (χ1v) is 5.44. The second-order valence-corrected chi connectivity index (χ2v) is 3.61. The Kier molecular flexibility index (Phi) is 3.49.